The van der Waals surface area contributed by atoms with E-state index in [9.17, 15) is 9.59 Å². The van der Waals surface area contributed by atoms with Crippen LogP contribution in [0, 0.1) is 0 Å². The average molecular weight is 567 g/mol. The van der Waals surface area contributed by atoms with Gasteiger partial charge in [0, 0.05) is 49.6 Å². The van der Waals surface area contributed by atoms with Crippen molar-refractivity contribution in [3.63, 3.8) is 0 Å². The summed E-state index contributed by atoms with van der Waals surface area (Å²) in [5, 5.41) is 21.4. The van der Waals surface area contributed by atoms with Gasteiger partial charge in [-0.3, -0.25) is 9.59 Å². The summed E-state index contributed by atoms with van der Waals surface area (Å²) in [6.45, 7) is 3.67. The maximum Gasteiger partial charge on any atom is 0.251 e. The smallest absolute Gasteiger partial charge is 0.251 e. The van der Waals surface area contributed by atoms with Gasteiger partial charge in [-0.1, -0.05) is 30.3 Å². The van der Waals surface area contributed by atoms with E-state index in [4.69, 9.17) is 20.3 Å². The SMILES string of the molecule is NCCOCCOCCNC(=O)c1cccc(Nc2nc(NCCCO)nc(NCCc3ccc(C=O)cc3)n2)c1. The molecule has 1 amide bonds. The van der Waals surface area contributed by atoms with Crippen molar-refractivity contribution in [3.05, 3.63) is 65.2 Å². The van der Waals surface area contributed by atoms with Crippen molar-refractivity contribution in [2.24, 2.45) is 5.73 Å². The number of benzene rings is 2. The summed E-state index contributed by atoms with van der Waals surface area (Å²) < 4.78 is 10.7. The van der Waals surface area contributed by atoms with Crippen LogP contribution in [0.5, 0.6) is 0 Å². The molecular weight excluding hydrogens is 528 g/mol. The Morgan fingerprint density at radius 3 is 2.29 bits per heavy atom. The number of aliphatic hydroxyl groups is 1. The van der Waals surface area contributed by atoms with Crippen LogP contribution in [0.3, 0.4) is 0 Å². The van der Waals surface area contributed by atoms with Crippen LogP contribution >= 0.6 is 0 Å². The van der Waals surface area contributed by atoms with Gasteiger partial charge in [-0.05, 0) is 36.6 Å². The lowest BCUT2D eigenvalue weighted by Gasteiger charge is -2.12. The summed E-state index contributed by atoms with van der Waals surface area (Å²) in [5.41, 5.74) is 8.15. The summed E-state index contributed by atoms with van der Waals surface area (Å²) in [6, 6.07) is 14.4. The monoisotopic (exact) mass is 566 g/mol. The zero-order valence-corrected chi connectivity index (χ0v) is 23.0. The number of ether oxygens (including phenoxy) is 2. The molecule has 0 unspecified atom stereocenters. The summed E-state index contributed by atoms with van der Waals surface area (Å²) in [4.78, 5) is 36.8. The van der Waals surface area contributed by atoms with Gasteiger partial charge < -0.3 is 41.6 Å². The maximum atomic E-state index is 12.6. The van der Waals surface area contributed by atoms with Crippen molar-refractivity contribution < 1.29 is 24.2 Å². The molecule has 0 saturated heterocycles. The molecule has 1 aromatic heterocycles. The molecule has 3 aromatic rings. The van der Waals surface area contributed by atoms with E-state index in [0.29, 0.717) is 94.2 Å². The van der Waals surface area contributed by atoms with Crippen molar-refractivity contribution in [1.29, 1.82) is 0 Å². The lowest BCUT2D eigenvalue weighted by atomic mass is 10.1. The number of carbonyl (C=O) groups is 2. The number of aliphatic hydroxyl groups excluding tert-OH is 1. The van der Waals surface area contributed by atoms with Gasteiger partial charge in [0.15, 0.2) is 0 Å². The van der Waals surface area contributed by atoms with E-state index in [0.717, 1.165) is 11.8 Å². The summed E-state index contributed by atoms with van der Waals surface area (Å²) in [7, 11) is 0. The van der Waals surface area contributed by atoms with Gasteiger partial charge in [0.2, 0.25) is 17.8 Å². The average Bonchev–Trinajstić information content (AvgIpc) is 2.99. The Balaban J connectivity index is 1.58. The number of rotatable bonds is 20. The Bertz CT molecular complexity index is 1210. The number of nitrogens with two attached hydrogens (primary N) is 1. The molecule has 2 aromatic carbocycles. The highest BCUT2D eigenvalue weighted by Gasteiger charge is 2.10. The molecule has 1 heterocycles. The molecular formula is C28H38N8O5. The molecule has 0 fully saturated rings. The number of amides is 1. The third-order valence-corrected chi connectivity index (χ3v) is 5.61. The predicted octanol–water partition coefficient (Wildman–Crippen LogP) is 1.60. The molecule has 3 rings (SSSR count). The van der Waals surface area contributed by atoms with Gasteiger partial charge in [-0.2, -0.15) is 15.0 Å². The third kappa shape index (κ3) is 11.8. The summed E-state index contributed by atoms with van der Waals surface area (Å²) >= 11 is 0. The second-order valence-electron chi connectivity index (χ2n) is 8.82. The quantitative estimate of drug-likeness (QED) is 0.0858. The lowest BCUT2D eigenvalue weighted by molar-refractivity contribution is 0.0511. The molecule has 0 aliphatic heterocycles. The van der Waals surface area contributed by atoms with Crippen LogP contribution in [0.2, 0.25) is 0 Å². The van der Waals surface area contributed by atoms with Crippen LogP contribution in [0.15, 0.2) is 48.5 Å². The molecule has 7 N–H and O–H groups in total. The standard InChI is InChI=1S/C28H38N8O5/c29-10-15-40-17-18-41-16-13-30-25(39)23-3-1-4-24(19-23)33-28-35-26(31-11-2-14-37)34-27(36-28)32-12-9-21-5-7-22(20-38)8-6-21/h1,3-8,19-20,37H,2,9-18,29H2,(H,30,39)(H3,31,32,33,34,35,36). The van der Waals surface area contributed by atoms with Crippen molar-refractivity contribution in [2.45, 2.75) is 12.8 Å². The number of nitrogens with one attached hydrogen (secondary N) is 4. The first-order valence-electron chi connectivity index (χ1n) is 13.5. The summed E-state index contributed by atoms with van der Waals surface area (Å²) in [5.74, 6) is 0.756. The summed E-state index contributed by atoms with van der Waals surface area (Å²) in [6.07, 6.45) is 2.05. The number of hydrogen-bond donors (Lipinski definition) is 6. The van der Waals surface area contributed by atoms with Crippen LogP contribution in [0.25, 0.3) is 0 Å². The van der Waals surface area contributed by atoms with Crippen LogP contribution < -0.4 is 27.0 Å². The number of aldehydes is 1. The minimum absolute atomic E-state index is 0.0430. The minimum Gasteiger partial charge on any atom is -0.396 e. The highest BCUT2D eigenvalue weighted by molar-refractivity contribution is 5.95. The molecule has 0 bridgehead atoms. The molecule has 0 atom stereocenters. The lowest BCUT2D eigenvalue weighted by Crippen LogP contribution is -2.27. The van der Waals surface area contributed by atoms with E-state index < -0.39 is 0 Å². The molecule has 0 spiro atoms. The van der Waals surface area contributed by atoms with Gasteiger partial charge >= 0.3 is 0 Å². The van der Waals surface area contributed by atoms with Crippen LogP contribution in [0.1, 0.15) is 32.7 Å². The fourth-order valence-corrected chi connectivity index (χ4v) is 3.56. The largest absolute Gasteiger partial charge is 0.396 e. The molecule has 13 nitrogen and oxygen atoms in total. The third-order valence-electron chi connectivity index (χ3n) is 5.61. The minimum atomic E-state index is -0.234. The van der Waals surface area contributed by atoms with Crippen molar-refractivity contribution in [2.75, 3.05) is 75.2 Å². The van der Waals surface area contributed by atoms with Gasteiger partial charge in [0.1, 0.15) is 6.29 Å². The second kappa shape index (κ2) is 18.2. The van der Waals surface area contributed by atoms with E-state index in [1.807, 2.05) is 12.1 Å². The first-order valence-corrected chi connectivity index (χ1v) is 13.5. The van der Waals surface area contributed by atoms with E-state index in [-0.39, 0.29) is 18.5 Å². The van der Waals surface area contributed by atoms with E-state index in [1.165, 1.54) is 0 Å². The maximum absolute atomic E-state index is 12.6. The van der Waals surface area contributed by atoms with Crippen LogP contribution in [0.4, 0.5) is 23.5 Å². The Morgan fingerprint density at radius 1 is 0.878 bits per heavy atom. The number of nitrogens with zero attached hydrogens (tertiary/aromatic N) is 3. The highest BCUT2D eigenvalue weighted by atomic mass is 16.5. The molecule has 220 valence electrons. The zero-order chi connectivity index (χ0) is 29.1. The molecule has 13 heteroatoms. The normalized spacial score (nSPS) is 10.7. The Morgan fingerprint density at radius 2 is 1.59 bits per heavy atom. The number of anilines is 4. The van der Waals surface area contributed by atoms with Gasteiger partial charge in [-0.15, -0.1) is 0 Å². The van der Waals surface area contributed by atoms with Gasteiger partial charge in [0.05, 0.1) is 26.4 Å². The highest BCUT2D eigenvalue weighted by Crippen LogP contribution is 2.18. The fraction of sp³-hybridized carbons (Fsp3) is 0.393. The number of carbonyl (C=O) groups excluding carboxylic acids is 2. The van der Waals surface area contributed by atoms with Crippen molar-refractivity contribution >= 4 is 35.7 Å². The van der Waals surface area contributed by atoms with Gasteiger partial charge in [0.25, 0.3) is 5.91 Å². The van der Waals surface area contributed by atoms with Crippen LogP contribution in [-0.2, 0) is 15.9 Å². The van der Waals surface area contributed by atoms with Crippen molar-refractivity contribution in [3.8, 4) is 0 Å². The molecule has 0 radical (unpaired) electrons. The Labute approximate surface area is 239 Å². The first kappa shape index (κ1) is 31.4. The van der Waals surface area contributed by atoms with E-state index >= 15 is 0 Å². The van der Waals surface area contributed by atoms with E-state index in [1.54, 1.807) is 36.4 Å². The topological polar surface area (TPSA) is 186 Å². The second-order valence-corrected chi connectivity index (χ2v) is 8.82. The Hall–Kier alpha value is -4.17. The van der Waals surface area contributed by atoms with Crippen molar-refractivity contribution in [1.82, 2.24) is 20.3 Å². The molecule has 0 aliphatic rings. The molecule has 41 heavy (non-hydrogen) atoms. The number of aromatic nitrogens is 3. The Kier molecular flexibility index (Phi) is 13.9. The predicted molar refractivity (Wildman–Crippen MR) is 157 cm³/mol. The molecule has 0 saturated carbocycles. The van der Waals surface area contributed by atoms with E-state index in [2.05, 4.69) is 36.2 Å². The number of hydrogen-bond acceptors (Lipinski definition) is 12. The van der Waals surface area contributed by atoms with Crippen LogP contribution in [-0.4, -0.2) is 91.5 Å². The zero-order valence-electron chi connectivity index (χ0n) is 23.0. The molecule has 0 aliphatic carbocycles. The van der Waals surface area contributed by atoms with Gasteiger partial charge in [-0.25, -0.2) is 0 Å². The fourth-order valence-electron chi connectivity index (χ4n) is 3.56. The first-order chi connectivity index (χ1) is 20.1.